The number of alkyl halides is 1. The SMILES string of the molecule is C/C=C(\C=N/C)c1ccc2c(c1)c(C(C)=O)cn2CC(=O)N1C[C@H](F)C[C@H]1C(=O)NC1CCCc2nc(-c3ccc(F)cc3)sc21. The molecule has 1 unspecified atom stereocenters. The third-order valence-electron chi connectivity index (χ3n) is 8.71. The Labute approximate surface area is 269 Å². The van der Waals surface area contributed by atoms with Crippen molar-refractivity contribution in [2.24, 2.45) is 4.99 Å². The van der Waals surface area contributed by atoms with Crippen LogP contribution in [0, 0.1) is 5.82 Å². The van der Waals surface area contributed by atoms with Gasteiger partial charge in [-0.2, -0.15) is 0 Å². The van der Waals surface area contributed by atoms with E-state index in [9.17, 15) is 23.2 Å². The molecule has 2 aliphatic rings. The molecule has 2 aromatic carbocycles. The molecule has 11 heteroatoms. The van der Waals surface area contributed by atoms with E-state index in [1.165, 1.54) is 35.3 Å². The Kier molecular flexibility index (Phi) is 8.95. The largest absolute Gasteiger partial charge is 0.347 e. The first kappa shape index (κ1) is 31.5. The summed E-state index contributed by atoms with van der Waals surface area (Å²) in [4.78, 5) is 51.0. The molecule has 1 aliphatic carbocycles. The maximum Gasteiger partial charge on any atom is 0.243 e. The van der Waals surface area contributed by atoms with Crippen LogP contribution in [-0.4, -0.2) is 64.1 Å². The van der Waals surface area contributed by atoms with Gasteiger partial charge in [-0.05, 0) is 80.6 Å². The van der Waals surface area contributed by atoms with E-state index >= 15 is 0 Å². The van der Waals surface area contributed by atoms with Crippen LogP contribution in [0.5, 0.6) is 0 Å². The van der Waals surface area contributed by atoms with Crippen molar-refractivity contribution in [3.63, 3.8) is 0 Å². The summed E-state index contributed by atoms with van der Waals surface area (Å²) in [6, 6.07) is 10.6. The molecular formula is C35H35F2N5O3S. The fourth-order valence-corrected chi connectivity index (χ4v) is 7.63. The van der Waals surface area contributed by atoms with Crippen LogP contribution in [0.25, 0.3) is 27.0 Å². The molecule has 1 fully saturated rings. The Morgan fingerprint density at radius 3 is 2.67 bits per heavy atom. The zero-order valence-electron chi connectivity index (χ0n) is 25.9. The van der Waals surface area contributed by atoms with Crippen molar-refractivity contribution in [3.8, 4) is 10.6 Å². The molecule has 238 valence electrons. The number of nitrogens with zero attached hydrogens (tertiary/aromatic N) is 4. The number of hydrogen-bond donors (Lipinski definition) is 1. The van der Waals surface area contributed by atoms with Gasteiger partial charge in [0.2, 0.25) is 11.8 Å². The monoisotopic (exact) mass is 643 g/mol. The number of benzene rings is 2. The van der Waals surface area contributed by atoms with E-state index in [0.717, 1.165) is 45.1 Å². The number of carbonyl (C=O) groups is 3. The van der Waals surface area contributed by atoms with E-state index in [1.807, 2.05) is 31.2 Å². The minimum absolute atomic E-state index is 0.0831. The summed E-state index contributed by atoms with van der Waals surface area (Å²) in [6.45, 7) is 3.07. The highest BCUT2D eigenvalue weighted by atomic mass is 32.1. The second kappa shape index (κ2) is 13.1. The Balaban J connectivity index is 1.21. The lowest BCUT2D eigenvalue weighted by Gasteiger charge is -2.28. The Morgan fingerprint density at radius 1 is 1.17 bits per heavy atom. The van der Waals surface area contributed by atoms with Crippen LogP contribution in [0.4, 0.5) is 8.78 Å². The number of aromatic nitrogens is 2. The van der Waals surface area contributed by atoms with Gasteiger partial charge in [-0.25, -0.2) is 13.8 Å². The Hall–Kier alpha value is -4.51. The van der Waals surface area contributed by atoms with Gasteiger partial charge >= 0.3 is 0 Å². The number of Topliss-reactive ketones (excluding diaryl/α,β-unsaturated/α-hetero) is 1. The van der Waals surface area contributed by atoms with E-state index in [-0.39, 0.29) is 37.2 Å². The summed E-state index contributed by atoms with van der Waals surface area (Å²) in [7, 11) is 1.69. The van der Waals surface area contributed by atoms with Gasteiger partial charge in [-0.15, -0.1) is 11.3 Å². The minimum Gasteiger partial charge on any atom is -0.347 e. The molecule has 3 atom stereocenters. The number of amides is 2. The highest BCUT2D eigenvalue weighted by molar-refractivity contribution is 7.15. The number of ketones is 1. The van der Waals surface area contributed by atoms with Crippen LogP contribution >= 0.6 is 11.3 Å². The lowest BCUT2D eigenvalue weighted by molar-refractivity contribution is -0.139. The predicted octanol–water partition coefficient (Wildman–Crippen LogP) is 6.34. The van der Waals surface area contributed by atoms with Crippen molar-refractivity contribution in [1.82, 2.24) is 19.8 Å². The molecule has 6 rings (SSSR count). The summed E-state index contributed by atoms with van der Waals surface area (Å²) < 4.78 is 30.0. The number of aryl methyl sites for hydroxylation is 1. The molecule has 3 heterocycles. The number of carbonyl (C=O) groups excluding carboxylic acids is 3. The molecule has 8 nitrogen and oxygen atoms in total. The van der Waals surface area contributed by atoms with Crippen molar-refractivity contribution < 1.29 is 23.2 Å². The number of thiazole rings is 1. The molecule has 0 radical (unpaired) electrons. The van der Waals surface area contributed by atoms with Gasteiger partial charge in [-0.3, -0.25) is 19.4 Å². The van der Waals surface area contributed by atoms with E-state index < -0.39 is 24.0 Å². The number of rotatable bonds is 8. The first-order valence-electron chi connectivity index (χ1n) is 15.4. The zero-order valence-corrected chi connectivity index (χ0v) is 26.7. The molecule has 4 aromatic rings. The summed E-state index contributed by atoms with van der Waals surface area (Å²) >= 11 is 1.46. The third-order valence-corrected chi connectivity index (χ3v) is 9.97. The highest BCUT2D eigenvalue weighted by Crippen LogP contribution is 2.38. The standard InChI is InChI=1S/C35H35F2N5O3S/c1-4-21(16-38-3)23-10-13-30-26(14-23)27(20(2)43)18-41(30)19-32(44)42-17-25(37)15-31(42)34(45)39-28-6-5-7-29-33(28)46-35(40-29)22-8-11-24(36)12-9-22/h4,8-14,16,18,25,28,31H,5-7,15,17,19H2,1-3H3,(H,39,45)/b21-4+,38-16-/t25-,28?,31+/m1/s1. The first-order chi connectivity index (χ1) is 22.2. The van der Waals surface area contributed by atoms with Gasteiger partial charge in [0.05, 0.1) is 23.2 Å². The van der Waals surface area contributed by atoms with E-state index in [0.29, 0.717) is 22.9 Å². The fourth-order valence-electron chi connectivity index (χ4n) is 6.43. The fraction of sp³-hybridized carbons (Fsp3) is 0.343. The van der Waals surface area contributed by atoms with Crippen LogP contribution in [0.3, 0.4) is 0 Å². The predicted molar refractivity (Wildman–Crippen MR) is 176 cm³/mol. The summed E-state index contributed by atoms with van der Waals surface area (Å²) in [5, 5.41) is 4.55. The second-order valence-corrected chi connectivity index (χ2v) is 12.8. The number of allylic oxidation sites excluding steroid dienone is 2. The molecule has 46 heavy (non-hydrogen) atoms. The van der Waals surface area contributed by atoms with Gasteiger partial charge in [0.15, 0.2) is 5.78 Å². The Morgan fingerprint density at radius 2 is 1.96 bits per heavy atom. The maximum absolute atomic E-state index is 14.8. The van der Waals surface area contributed by atoms with Crippen molar-refractivity contribution in [1.29, 1.82) is 0 Å². The zero-order chi connectivity index (χ0) is 32.5. The number of fused-ring (bicyclic) bond motifs is 2. The van der Waals surface area contributed by atoms with Gasteiger partial charge < -0.3 is 14.8 Å². The lowest BCUT2D eigenvalue weighted by Crippen LogP contribution is -2.48. The molecule has 1 N–H and O–H groups in total. The van der Waals surface area contributed by atoms with Crippen LogP contribution < -0.4 is 5.32 Å². The van der Waals surface area contributed by atoms with E-state index in [1.54, 1.807) is 36.2 Å². The van der Waals surface area contributed by atoms with E-state index in [4.69, 9.17) is 4.98 Å². The average Bonchev–Trinajstić information content (AvgIpc) is 3.76. The number of nitrogens with one attached hydrogen (secondary N) is 1. The highest BCUT2D eigenvalue weighted by Gasteiger charge is 2.41. The molecule has 1 aliphatic heterocycles. The van der Waals surface area contributed by atoms with Gasteiger partial charge in [0.1, 0.15) is 29.6 Å². The molecular weight excluding hydrogens is 608 g/mol. The van der Waals surface area contributed by atoms with Crippen LogP contribution in [-0.2, 0) is 22.6 Å². The van der Waals surface area contributed by atoms with Crippen LogP contribution in [0.2, 0.25) is 0 Å². The molecule has 0 bridgehead atoms. The summed E-state index contributed by atoms with van der Waals surface area (Å²) in [5.74, 6) is -1.26. The van der Waals surface area contributed by atoms with Crippen molar-refractivity contribution in [2.75, 3.05) is 13.6 Å². The maximum atomic E-state index is 14.8. The van der Waals surface area contributed by atoms with Crippen molar-refractivity contribution >= 4 is 51.6 Å². The molecule has 1 saturated heterocycles. The summed E-state index contributed by atoms with van der Waals surface area (Å²) in [5.41, 5.74) is 4.66. The molecule has 0 saturated carbocycles. The Bertz CT molecular complexity index is 1880. The molecule has 2 aromatic heterocycles. The first-order valence-corrected chi connectivity index (χ1v) is 16.2. The van der Waals surface area contributed by atoms with Crippen molar-refractivity contribution in [2.45, 2.75) is 64.3 Å². The topological polar surface area (TPSA) is 96.7 Å². The summed E-state index contributed by atoms with van der Waals surface area (Å²) in [6.07, 6.45) is 6.22. The van der Waals surface area contributed by atoms with Crippen molar-refractivity contribution in [3.05, 3.63) is 82.3 Å². The quantitative estimate of drug-likeness (QED) is 0.179. The number of halogens is 2. The average molecular weight is 644 g/mol. The van der Waals surface area contributed by atoms with Gasteiger partial charge in [0.25, 0.3) is 0 Å². The third kappa shape index (κ3) is 6.16. The van der Waals surface area contributed by atoms with Gasteiger partial charge in [0, 0.05) is 47.9 Å². The molecule has 0 spiro atoms. The van der Waals surface area contributed by atoms with Gasteiger partial charge in [-0.1, -0.05) is 12.1 Å². The number of hydrogen-bond acceptors (Lipinski definition) is 6. The van der Waals surface area contributed by atoms with E-state index in [2.05, 4.69) is 10.3 Å². The lowest BCUT2D eigenvalue weighted by atomic mass is 9.97. The molecule has 2 amide bonds. The van der Waals surface area contributed by atoms with Crippen LogP contribution in [0.1, 0.15) is 65.6 Å². The minimum atomic E-state index is -1.33. The second-order valence-electron chi connectivity index (χ2n) is 11.8. The number of likely N-dealkylation sites (tertiary alicyclic amines) is 1. The van der Waals surface area contributed by atoms with Crippen LogP contribution in [0.15, 0.2) is 59.7 Å². The smallest absolute Gasteiger partial charge is 0.243 e. The number of aliphatic imine (C=N–C) groups is 1. The normalized spacial score (nSPS) is 20.0.